The van der Waals surface area contributed by atoms with Crippen LogP contribution in [0.1, 0.15) is 80.1 Å². The molecule has 4 aliphatic heterocycles. The first-order valence-corrected chi connectivity index (χ1v) is 20.4. The summed E-state index contributed by atoms with van der Waals surface area (Å²) in [6.07, 6.45) is 8.82. The molecule has 4 aromatic rings. The first kappa shape index (κ1) is 40.8. The molecular weight excluding hydrogens is 803 g/mol. The largest absolute Gasteiger partial charge is 0.365 e. The normalized spacial score (nSPS) is 18.7. The van der Waals surface area contributed by atoms with Crippen LogP contribution in [0.5, 0.6) is 0 Å². The van der Waals surface area contributed by atoms with E-state index in [1.165, 1.54) is 48.4 Å². The van der Waals surface area contributed by atoms with Crippen LogP contribution in [0.25, 0.3) is 0 Å². The molecule has 0 aliphatic carbocycles. The first-order chi connectivity index (χ1) is 26.0. The van der Waals surface area contributed by atoms with Gasteiger partial charge in [-0.1, -0.05) is 36.0 Å². The Morgan fingerprint density at radius 3 is 1.35 bits per heavy atom. The number of hydrogen-bond acceptors (Lipinski definition) is 8. The summed E-state index contributed by atoms with van der Waals surface area (Å²) in [6, 6.07) is 13.8. The van der Waals surface area contributed by atoms with Crippen molar-refractivity contribution in [2.45, 2.75) is 76.5 Å². The predicted octanol–water partition coefficient (Wildman–Crippen LogP) is 8.53. The number of fused-ring (bicyclic) bond motifs is 4. The van der Waals surface area contributed by atoms with Crippen LogP contribution in [0.4, 0.5) is 31.0 Å². The Balaban J connectivity index is 0.000000184. The van der Waals surface area contributed by atoms with Crippen LogP contribution in [0.15, 0.2) is 48.5 Å². The van der Waals surface area contributed by atoms with Gasteiger partial charge in [-0.3, -0.25) is 30.0 Å². The summed E-state index contributed by atoms with van der Waals surface area (Å²) in [5.41, 5.74) is 15.5. The number of nitrogens with two attached hydrogens (primary N) is 2. The lowest BCUT2D eigenvalue weighted by Gasteiger charge is -2.39. The van der Waals surface area contributed by atoms with Crippen molar-refractivity contribution >= 4 is 104 Å². The summed E-state index contributed by atoms with van der Waals surface area (Å²) in [4.78, 5) is 56.2. The quantitative estimate of drug-likeness (QED) is 0.113. The van der Waals surface area contributed by atoms with Gasteiger partial charge in [0, 0.05) is 56.3 Å². The van der Waals surface area contributed by atoms with E-state index in [1.54, 1.807) is 48.5 Å². The number of rotatable bonds is 6. The second-order valence-electron chi connectivity index (χ2n) is 14.0. The van der Waals surface area contributed by atoms with Gasteiger partial charge in [0.05, 0.1) is 11.1 Å². The van der Waals surface area contributed by atoms with Crippen LogP contribution in [-0.2, 0) is 25.9 Å². The Morgan fingerprint density at radius 1 is 0.600 bits per heavy atom. The molecule has 2 saturated heterocycles. The van der Waals surface area contributed by atoms with E-state index in [4.69, 9.17) is 34.7 Å². The van der Waals surface area contributed by atoms with Crippen LogP contribution in [0.2, 0.25) is 10.0 Å². The van der Waals surface area contributed by atoms with Crippen LogP contribution >= 0.6 is 58.3 Å². The SMILES string of the molecule is Cl.NC(=O)c1c(NC(=O)Nc2ccc(Cl)cc2)sc2c1CC1CCCCN1C2.NC(=O)c1c(NC(=O)Nc2ccc(Cl)cc2)sc2c1CC1CCCCN1C2. The number of nitrogens with one attached hydrogen (secondary N) is 4. The zero-order valence-electron chi connectivity index (χ0n) is 29.9. The minimum Gasteiger partial charge on any atom is -0.365 e. The van der Waals surface area contributed by atoms with Crippen molar-refractivity contribution in [2.24, 2.45) is 11.5 Å². The van der Waals surface area contributed by atoms with Gasteiger partial charge >= 0.3 is 12.1 Å². The molecule has 4 aliphatic rings. The fourth-order valence-corrected chi connectivity index (χ4v) is 10.6. The molecule has 0 radical (unpaired) electrons. The van der Waals surface area contributed by atoms with Crippen molar-refractivity contribution in [2.75, 3.05) is 34.4 Å². The highest BCUT2D eigenvalue weighted by Crippen LogP contribution is 2.42. The average Bonchev–Trinajstić information content (AvgIpc) is 3.67. The summed E-state index contributed by atoms with van der Waals surface area (Å²) in [6.45, 7) is 3.83. The Kier molecular flexibility index (Phi) is 13.3. The summed E-state index contributed by atoms with van der Waals surface area (Å²) in [5.74, 6) is -0.975. The topological polar surface area (TPSA) is 175 Å². The zero-order valence-corrected chi connectivity index (χ0v) is 33.9. The van der Waals surface area contributed by atoms with E-state index in [9.17, 15) is 19.2 Å². The van der Waals surface area contributed by atoms with Gasteiger partial charge < -0.3 is 22.1 Å². The predicted molar refractivity (Wildman–Crippen MR) is 225 cm³/mol. The van der Waals surface area contributed by atoms with Crippen molar-refractivity contribution in [3.63, 3.8) is 0 Å². The number of primary amides is 2. The first-order valence-electron chi connectivity index (χ1n) is 18.1. The van der Waals surface area contributed by atoms with Gasteiger partial charge in [0.25, 0.3) is 11.8 Å². The fourth-order valence-electron chi connectivity index (χ4n) is 7.85. The maximum Gasteiger partial charge on any atom is 0.324 e. The number of thiophene rings is 2. The van der Waals surface area contributed by atoms with E-state index in [2.05, 4.69) is 31.1 Å². The van der Waals surface area contributed by atoms with Gasteiger partial charge in [0.1, 0.15) is 10.0 Å². The summed E-state index contributed by atoms with van der Waals surface area (Å²) in [5, 5.41) is 13.4. The van der Waals surface area contributed by atoms with E-state index in [-0.39, 0.29) is 12.4 Å². The molecule has 8 rings (SSSR count). The molecule has 2 aromatic carbocycles. The number of benzene rings is 2. The van der Waals surface area contributed by atoms with E-state index >= 15 is 0 Å². The molecule has 0 saturated carbocycles. The number of urea groups is 2. The molecule has 2 atom stereocenters. The molecule has 12 nitrogen and oxygen atoms in total. The van der Waals surface area contributed by atoms with E-state index < -0.39 is 23.9 Å². The number of carbonyl (C=O) groups is 4. The number of anilines is 4. The third-order valence-electron chi connectivity index (χ3n) is 10.4. The maximum atomic E-state index is 12.4. The van der Waals surface area contributed by atoms with Crippen molar-refractivity contribution < 1.29 is 19.2 Å². The zero-order chi connectivity index (χ0) is 37.9. The third-order valence-corrected chi connectivity index (χ3v) is 13.2. The second kappa shape index (κ2) is 17.9. The summed E-state index contributed by atoms with van der Waals surface area (Å²) < 4.78 is 0. The van der Waals surface area contributed by atoms with Crippen molar-refractivity contribution in [1.29, 1.82) is 0 Å². The number of carbonyl (C=O) groups excluding carboxylic acids is 4. The Bertz CT molecular complexity index is 1910. The second-order valence-corrected chi connectivity index (χ2v) is 17.0. The highest BCUT2D eigenvalue weighted by molar-refractivity contribution is 7.17. The molecule has 2 unspecified atom stereocenters. The highest BCUT2D eigenvalue weighted by Gasteiger charge is 2.35. The van der Waals surface area contributed by atoms with Crippen molar-refractivity contribution in [3.8, 4) is 0 Å². The van der Waals surface area contributed by atoms with Crippen LogP contribution < -0.4 is 32.7 Å². The summed E-state index contributed by atoms with van der Waals surface area (Å²) in [7, 11) is 0. The Labute approximate surface area is 343 Å². The molecule has 0 bridgehead atoms. The van der Waals surface area contributed by atoms with E-state index in [0.29, 0.717) is 54.6 Å². The summed E-state index contributed by atoms with van der Waals surface area (Å²) >= 11 is 14.6. The Morgan fingerprint density at radius 2 is 0.982 bits per heavy atom. The van der Waals surface area contributed by atoms with E-state index in [0.717, 1.165) is 72.7 Å². The molecule has 2 fully saturated rings. The van der Waals surface area contributed by atoms with E-state index in [1.807, 2.05) is 0 Å². The fraction of sp³-hybridized carbons (Fsp3) is 0.368. The highest BCUT2D eigenvalue weighted by atomic mass is 35.5. The van der Waals surface area contributed by atoms with Crippen LogP contribution in [-0.4, -0.2) is 58.8 Å². The number of amides is 6. The van der Waals surface area contributed by atoms with Crippen molar-refractivity contribution in [1.82, 2.24) is 9.80 Å². The minimum absolute atomic E-state index is 0. The van der Waals surface area contributed by atoms with Gasteiger partial charge in [0.15, 0.2) is 0 Å². The maximum absolute atomic E-state index is 12.4. The van der Waals surface area contributed by atoms with Gasteiger partial charge in [-0.2, -0.15) is 0 Å². The average molecular weight is 846 g/mol. The van der Waals surface area contributed by atoms with Crippen LogP contribution in [0, 0.1) is 0 Å². The molecule has 8 N–H and O–H groups in total. The number of piperidine rings is 2. The van der Waals surface area contributed by atoms with Gasteiger partial charge in [-0.25, -0.2) is 9.59 Å². The molecule has 292 valence electrons. The number of halogens is 3. The van der Waals surface area contributed by atoms with Gasteiger partial charge in [-0.05, 0) is 111 Å². The molecule has 6 amide bonds. The minimum atomic E-state index is -0.487. The van der Waals surface area contributed by atoms with Crippen LogP contribution in [0.3, 0.4) is 0 Å². The lowest BCUT2D eigenvalue weighted by atomic mass is 9.90. The molecule has 2 aromatic heterocycles. The number of nitrogens with zero attached hydrogens (tertiary/aromatic N) is 2. The lowest BCUT2D eigenvalue weighted by Crippen LogP contribution is -2.43. The van der Waals surface area contributed by atoms with Gasteiger partial charge in [-0.15, -0.1) is 35.1 Å². The van der Waals surface area contributed by atoms with Gasteiger partial charge in [0.2, 0.25) is 0 Å². The smallest absolute Gasteiger partial charge is 0.324 e. The molecule has 55 heavy (non-hydrogen) atoms. The molecular formula is C38H43Cl3N8O4S2. The molecule has 0 spiro atoms. The standard InChI is InChI=1S/2C19H21ClN4O2S.ClH/c2*20-11-4-6-12(7-5-11)22-19(26)23-18-16(17(21)25)14-9-13-3-1-2-8-24(13)10-15(14)27-18;/h2*4-7,13H,1-3,8-10H2,(H2,21,25)(H2,22,23,26);1H. The third kappa shape index (κ3) is 9.57. The Hall–Kier alpha value is -3.89. The molecule has 17 heteroatoms. The molecule has 6 heterocycles. The number of hydrogen-bond donors (Lipinski definition) is 6. The lowest BCUT2D eigenvalue weighted by molar-refractivity contribution is 0.0987. The van der Waals surface area contributed by atoms with Crippen molar-refractivity contribution in [3.05, 3.63) is 90.6 Å². The monoisotopic (exact) mass is 844 g/mol.